The first-order chi connectivity index (χ1) is 10.9. The van der Waals surface area contributed by atoms with Gasteiger partial charge >= 0.3 is 0 Å². The molecule has 0 bridgehead atoms. The molecule has 0 aliphatic heterocycles. The molecule has 130 valence electrons. The molecule has 3 N–H and O–H groups in total. The summed E-state index contributed by atoms with van der Waals surface area (Å²) in [6.45, 7) is 1.72. The predicted octanol–water partition coefficient (Wildman–Crippen LogP) is 4.59. The molecule has 2 aromatic carbocycles. The van der Waals surface area contributed by atoms with Crippen LogP contribution in [0, 0.1) is 0 Å². The van der Waals surface area contributed by atoms with E-state index >= 15 is 0 Å². The maximum absolute atomic E-state index is 12.5. The normalized spacial score (nSPS) is 12.8. The van der Waals surface area contributed by atoms with E-state index in [4.69, 9.17) is 5.73 Å². The average Bonchev–Trinajstić information content (AvgIpc) is 2.54. The fourth-order valence-corrected chi connectivity index (χ4v) is 2.87. The minimum atomic E-state index is -1.09. The number of thioether (sulfide) groups is 1. The Labute approximate surface area is 162 Å². The van der Waals surface area contributed by atoms with Crippen LogP contribution in [0.2, 0.25) is 0 Å². The van der Waals surface area contributed by atoms with Gasteiger partial charge in [-0.15, -0.1) is 12.4 Å². The van der Waals surface area contributed by atoms with Crippen LogP contribution in [0.3, 0.4) is 0 Å². The van der Waals surface area contributed by atoms with Gasteiger partial charge in [0.25, 0.3) is 0 Å². The van der Waals surface area contributed by atoms with Crippen LogP contribution >= 0.6 is 40.1 Å². The molecule has 24 heavy (non-hydrogen) atoms. The van der Waals surface area contributed by atoms with Gasteiger partial charge in [0, 0.05) is 10.2 Å². The van der Waals surface area contributed by atoms with Crippen LogP contribution in [0.1, 0.15) is 18.1 Å². The summed E-state index contributed by atoms with van der Waals surface area (Å²) >= 11 is 5.21. The number of anilines is 1. The number of benzene rings is 2. The zero-order valence-electron chi connectivity index (χ0n) is 13.7. The SMILES string of the molecule is CSCCc1ccc(NC(=O)C(C)(N)c2ccc(Br)cc2)cc1.Cl. The third-order valence-corrected chi connectivity index (χ3v) is 4.86. The second kappa shape index (κ2) is 9.47. The highest BCUT2D eigenvalue weighted by Crippen LogP contribution is 2.22. The van der Waals surface area contributed by atoms with Gasteiger partial charge in [-0.3, -0.25) is 4.79 Å². The Morgan fingerprint density at radius 3 is 2.29 bits per heavy atom. The van der Waals surface area contributed by atoms with Crippen LogP contribution in [0.15, 0.2) is 53.0 Å². The molecule has 0 saturated carbocycles. The van der Waals surface area contributed by atoms with Crippen molar-refractivity contribution in [2.24, 2.45) is 5.73 Å². The molecule has 1 unspecified atom stereocenters. The van der Waals surface area contributed by atoms with E-state index in [2.05, 4.69) is 27.5 Å². The zero-order valence-corrected chi connectivity index (χ0v) is 16.9. The highest BCUT2D eigenvalue weighted by atomic mass is 79.9. The molecular formula is C18H22BrClN2OS. The summed E-state index contributed by atoms with van der Waals surface area (Å²) < 4.78 is 0.957. The van der Waals surface area contributed by atoms with Crippen LogP contribution in [0.25, 0.3) is 0 Å². The van der Waals surface area contributed by atoms with Crippen molar-refractivity contribution in [3.63, 3.8) is 0 Å². The topological polar surface area (TPSA) is 55.1 Å². The number of carbonyl (C=O) groups excluding carboxylic acids is 1. The Hall–Kier alpha value is -1.01. The van der Waals surface area contributed by atoms with Gasteiger partial charge in [-0.2, -0.15) is 11.8 Å². The van der Waals surface area contributed by atoms with Crippen molar-refractivity contribution in [2.75, 3.05) is 17.3 Å². The van der Waals surface area contributed by atoms with Gasteiger partial charge in [0.05, 0.1) is 0 Å². The molecule has 0 aliphatic carbocycles. The van der Waals surface area contributed by atoms with Crippen molar-refractivity contribution in [2.45, 2.75) is 18.9 Å². The fraction of sp³-hybridized carbons (Fsp3) is 0.278. The number of carbonyl (C=O) groups is 1. The fourth-order valence-electron chi connectivity index (χ4n) is 2.16. The molecule has 1 amide bonds. The van der Waals surface area contributed by atoms with E-state index in [9.17, 15) is 4.79 Å². The summed E-state index contributed by atoms with van der Waals surface area (Å²) in [4.78, 5) is 12.5. The van der Waals surface area contributed by atoms with E-state index in [1.54, 1.807) is 6.92 Å². The minimum Gasteiger partial charge on any atom is -0.324 e. The van der Waals surface area contributed by atoms with Gasteiger partial charge in [-0.1, -0.05) is 40.2 Å². The number of aryl methyl sites for hydroxylation is 1. The van der Waals surface area contributed by atoms with E-state index in [0.717, 1.165) is 27.9 Å². The molecule has 0 saturated heterocycles. The summed E-state index contributed by atoms with van der Waals surface area (Å²) in [6, 6.07) is 15.4. The molecule has 3 nitrogen and oxygen atoms in total. The third-order valence-electron chi connectivity index (χ3n) is 3.72. The molecule has 0 heterocycles. The molecule has 2 aromatic rings. The van der Waals surface area contributed by atoms with E-state index in [0.29, 0.717) is 0 Å². The lowest BCUT2D eigenvalue weighted by atomic mass is 9.92. The van der Waals surface area contributed by atoms with Crippen molar-refractivity contribution >= 4 is 51.7 Å². The monoisotopic (exact) mass is 428 g/mol. The smallest absolute Gasteiger partial charge is 0.248 e. The lowest BCUT2D eigenvalue weighted by molar-refractivity contribution is -0.120. The Kier molecular flexibility index (Phi) is 8.30. The van der Waals surface area contributed by atoms with Crippen LogP contribution < -0.4 is 11.1 Å². The first-order valence-electron chi connectivity index (χ1n) is 7.37. The number of nitrogens with two attached hydrogens (primary N) is 1. The van der Waals surface area contributed by atoms with E-state index in [1.165, 1.54) is 5.56 Å². The first kappa shape index (κ1) is 21.0. The number of amides is 1. The molecule has 6 heteroatoms. The molecule has 2 rings (SSSR count). The molecule has 0 spiro atoms. The van der Waals surface area contributed by atoms with Crippen molar-refractivity contribution in [3.8, 4) is 0 Å². The molecule has 1 atom stereocenters. The number of nitrogens with one attached hydrogen (secondary N) is 1. The lowest BCUT2D eigenvalue weighted by Crippen LogP contribution is -2.45. The van der Waals surface area contributed by atoms with Gasteiger partial charge in [0.2, 0.25) is 5.91 Å². The summed E-state index contributed by atoms with van der Waals surface area (Å²) in [6.07, 6.45) is 3.13. The van der Waals surface area contributed by atoms with Gasteiger partial charge in [0.1, 0.15) is 5.54 Å². The highest BCUT2D eigenvalue weighted by molar-refractivity contribution is 9.10. The van der Waals surface area contributed by atoms with Gasteiger partial charge < -0.3 is 11.1 Å². The summed E-state index contributed by atoms with van der Waals surface area (Å²) in [5, 5.41) is 2.90. The Morgan fingerprint density at radius 1 is 1.17 bits per heavy atom. The summed E-state index contributed by atoms with van der Waals surface area (Å²) in [7, 11) is 0. The van der Waals surface area contributed by atoms with Crippen molar-refractivity contribution in [1.82, 2.24) is 0 Å². The second-order valence-corrected chi connectivity index (χ2v) is 7.50. The van der Waals surface area contributed by atoms with Crippen molar-refractivity contribution in [3.05, 3.63) is 64.1 Å². The van der Waals surface area contributed by atoms with Crippen LogP contribution in [-0.4, -0.2) is 17.9 Å². The Morgan fingerprint density at radius 2 is 1.75 bits per heavy atom. The minimum absolute atomic E-state index is 0. The van der Waals surface area contributed by atoms with E-state index in [1.807, 2.05) is 60.3 Å². The Bertz CT molecular complexity index is 660. The van der Waals surface area contributed by atoms with E-state index in [-0.39, 0.29) is 18.3 Å². The zero-order chi connectivity index (χ0) is 16.9. The quantitative estimate of drug-likeness (QED) is 0.706. The number of hydrogen-bond acceptors (Lipinski definition) is 3. The number of rotatable bonds is 6. The maximum atomic E-state index is 12.5. The second-order valence-electron chi connectivity index (χ2n) is 5.60. The van der Waals surface area contributed by atoms with Crippen molar-refractivity contribution < 1.29 is 4.79 Å². The summed E-state index contributed by atoms with van der Waals surface area (Å²) in [5.74, 6) is 0.868. The van der Waals surface area contributed by atoms with Gasteiger partial charge in [-0.25, -0.2) is 0 Å². The third kappa shape index (κ3) is 5.52. The van der Waals surface area contributed by atoms with Crippen molar-refractivity contribution in [1.29, 1.82) is 0 Å². The Balaban J connectivity index is 0.00000288. The number of halogens is 2. The number of hydrogen-bond donors (Lipinski definition) is 2. The molecule has 0 aromatic heterocycles. The highest BCUT2D eigenvalue weighted by Gasteiger charge is 2.30. The molecule has 0 radical (unpaired) electrons. The standard InChI is InChI=1S/C18H21BrN2OS.ClH/c1-18(20,14-5-7-15(19)8-6-14)17(22)21-16-9-3-13(4-10-16)11-12-23-2;/h3-10H,11-12,20H2,1-2H3,(H,21,22);1H. The summed E-state index contributed by atoms with van der Waals surface area (Å²) in [5.41, 5.74) is 7.96. The predicted molar refractivity (Wildman–Crippen MR) is 110 cm³/mol. The first-order valence-corrected chi connectivity index (χ1v) is 9.56. The van der Waals surface area contributed by atoms with Crippen LogP contribution in [-0.2, 0) is 16.8 Å². The maximum Gasteiger partial charge on any atom is 0.248 e. The van der Waals surface area contributed by atoms with E-state index < -0.39 is 5.54 Å². The van der Waals surface area contributed by atoms with Gasteiger partial charge in [0.15, 0.2) is 0 Å². The van der Waals surface area contributed by atoms with Crippen LogP contribution in [0.5, 0.6) is 0 Å². The van der Waals surface area contributed by atoms with Crippen LogP contribution in [0.4, 0.5) is 5.69 Å². The lowest BCUT2D eigenvalue weighted by Gasteiger charge is -2.24. The molecule has 0 aliphatic rings. The van der Waals surface area contributed by atoms with Gasteiger partial charge in [-0.05, 0) is 60.7 Å². The molecule has 0 fully saturated rings. The largest absolute Gasteiger partial charge is 0.324 e. The average molecular weight is 430 g/mol. The molecular weight excluding hydrogens is 408 g/mol.